The highest BCUT2D eigenvalue weighted by atomic mass is 16.6. The smallest absolute Gasteiger partial charge is 0.426 e. The fourth-order valence-corrected chi connectivity index (χ4v) is 2.23. The van der Waals surface area contributed by atoms with Crippen LogP contribution in [0, 0.1) is 0 Å². The maximum atomic E-state index is 11.7. The highest BCUT2D eigenvalue weighted by molar-refractivity contribution is 5.96. The molecule has 2 rings (SSSR count). The SMILES string of the molecule is CC(C)(C)OC(=O)NNc1ccc(CCO)c2ccccc12. The molecule has 5 nitrogen and oxygen atoms in total. The van der Waals surface area contributed by atoms with Gasteiger partial charge < -0.3 is 9.84 Å². The number of anilines is 1. The zero-order valence-corrected chi connectivity index (χ0v) is 13.1. The Morgan fingerprint density at radius 3 is 2.45 bits per heavy atom. The molecule has 0 fully saturated rings. The van der Waals surface area contributed by atoms with Crippen LogP contribution in [0.25, 0.3) is 10.8 Å². The third-order valence-corrected chi connectivity index (χ3v) is 3.09. The summed E-state index contributed by atoms with van der Waals surface area (Å²) in [5, 5.41) is 11.2. The molecule has 0 saturated heterocycles. The van der Waals surface area contributed by atoms with Gasteiger partial charge in [-0.3, -0.25) is 5.43 Å². The van der Waals surface area contributed by atoms with Crippen LogP contribution >= 0.6 is 0 Å². The number of aliphatic hydroxyl groups is 1. The standard InChI is InChI=1S/C17H22N2O3/c1-17(2,3)22-16(21)19-18-15-9-8-12(10-11-20)13-6-4-5-7-14(13)15/h4-9,18,20H,10-11H2,1-3H3,(H,19,21). The Hall–Kier alpha value is -2.27. The summed E-state index contributed by atoms with van der Waals surface area (Å²) >= 11 is 0. The zero-order valence-electron chi connectivity index (χ0n) is 13.1. The molecule has 0 aliphatic heterocycles. The quantitative estimate of drug-likeness (QED) is 0.758. The van der Waals surface area contributed by atoms with Crippen LogP contribution in [0.2, 0.25) is 0 Å². The van der Waals surface area contributed by atoms with Crippen LogP contribution in [-0.4, -0.2) is 23.4 Å². The number of aliphatic hydroxyl groups excluding tert-OH is 1. The predicted octanol–water partition coefficient (Wildman–Crippen LogP) is 3.23. The number of hydrogen-bond acceptors (Lipinski definition) is 4. The van der Waals surface area contributed by atoms with Crippen molar-refractivity contribution in [3.05, 3.63) is 42.0 Å². The first-order valence-corrected chi connectivity index (χ1v) is 7.27. The van der Waals surface area contributed by atoms with Crippen LogP contribution in [0.5, 0.6) is 0 Å². The lowest BCUT2D eigenvalue weighted by molar-refractivity contribution is 0.0541. The van der Waals surface area contributed by atoms with E-state index >= 15 is 0 Å². The van der Waals surface area contributed by atoms with Crippen molar-refractivity contribution in [2.24, 2.45) is 0 Å². The lowest BCUT2D eigenvalue weighted by Crippen LogP contribution is -2.35. The number of fused-ring (bicyclic) bond motifs is 1. The largest absolute Gasteiger partial charge is 0.443 e. The Kier molecular flexibility index (Phi) is 4.88. The van der Waals surface area contributed by atoms with Crippen molar-refractivity contribution in [2.45, 2.75) is 32.8 Å². The molecule has 0 bridgehead atoms. The Bertz CT molecular complexity index is 662. The minimum Gasteiger partial charge on any atom is -0.443 e. The molecule has 118 valence electrons. The molecule has 2 aromatic rings. The molecule has 0 heterocycles. The summed E-state index contributed by atoms with van der Waals surface area (Å²) in [5.74, 6) is 0. The summed E-state index contributed by atoms with van der Waals surface area (Å²) < 4.78 is 5.19. The first kappa shape index (κ1) is 16.1. The van der Waals surface area contributed by atoms with E-state index in [-0.39, 0.29) is 6.61 Å². The van der Waals surface area contributed by atoms with Crippen LogP contribution in [0.4, 0.5) is 10.5 Å². The van der Waals surface area contributed by atoms with Crippen LogP contribution in [-0.2, 0) is 11.2 Å². The summed E-state index contributed by atoms with van der Waals surface area (Å²) in [4.78, 5) is 11.7. The molecule has 0 atom stereocenters. The summed E-state index contributed by atoms with van der Waals surface area (Å²) in [5.41, 5.74) is 6.74. The van der Waals surface area contributed by atoms with E-state index in [0.29, 0.717) is 6.42 Å². The van der Waals surface area contributed by atoms with Gasteiger partial charge in [0.05, 0.1) is 5.69 Å². The first-order chi connectivity index (χ1) is 10.4. The summed E-state index contributed by atoms with van der Waals surface area (Å²) in [6.45, 7) is 5.54. The van der Waals surface area contributed by atoms with Gasteiger partial charge in [0, 0.05) is 12.0 Å². The summed E-state index contributed by atoms with van der Waals surface area (Å²) in [6, 6.07) is 11.7. The molecule has 0 aliphatic rings. The van der Waals surface area contributed by atoms with Gasteiger partial charge in [-0.2, -0.15) is 0 Å². The molecular weight excluding hydrogens is 280 g/mol. The fourth-order valence-electron chi connectivity index (χ4n) is 2.23. The molecule has 1 amide bonds. The van der Waals surface area contributed by atoms with Crippen LogP contribution in [0.15, 0.2) is 36.4 Å². The normalized spacial score (nSPS) is 11.3. The predicted molar refractivity (Wildman–Crippen MR) is 87.7 cm³/mol. The lowest BCUT2D eigenvalue weighted by Gasteiger charge is -2.20. The van der Waals surface area contributed by atoms with Crippen LogP contribution in [0.1, 0.15) is 26.3 Å². The molecule has 3 N–H and O–H groups in total. The first-order valence-electron chi connectivity index (χ1n) is 7.27. The monoisotopic (exact) mass is 302 g/mol. The Balaban J connectivity index is 2.19. The van der Waals surface area contributed by atoms with Crippen LogP contribution < -0.4 is 10.9 Å². The van der Waals surface area contributed by atoms with Gasteiger partial charge in [-0.25, -0.2) is 10.2 Å². The zero-order chi connectivity index (χ0) is 16.2. The van der Waals surface area contributed by atoms with E-state index in [1.807, 2.05) is 57.2 Å². The highest BCUT2D eigenvalue weighted by Crippen LogP contribution is 2.26. The topological polar surface area (TPSA) is 70.6 Å². The number of ether oxygens (including phenoxy) is 1. The number of hydrogen-bond donors (Lipinski definition) is 3. The van der Waals surface area contributed by atoms with Gasteiger partial charge in [-0.1, -0.05) is 30.3 Å². The molecule has 0 saturated carbocycles. The van der Waals surface area contributed by atoms with E-state index < -0.39 is 11.7 Å². The molecule has 22 heavy (non-hydrogen) atoms. The lowest BCUT2D eigenvalue weighted by atomic mass is 10.0. The maximum Gasteiger partial charge on any atom is 0.426 e. The third kappa shape index (κ3) is 4.11. The molecule has 2 aromatic carbocycles. The number of rotatable bonds is 4. The summed E-state index contributed by atoms with van der Waals surface area (Å²) in [6.07, 6.45) is 0.0660. The molecule has 0 aliphatic carbocycles. The van der Waals surface area contributed by atoms with E-state index in [4.69, 9.17) is 9.84 Å². The number of carbonyl (C=O) groups excluding carboxylic acids is 1. The van der Waals surface area contributed by atoms with Crippen molar-refractivity contribution in [1.29, 1.82) is 0 Å². The molecule has 0 radical (unpaired) electrons. The molecule has 0 spiro atoms. The van der Waals surface area contributed by atoms with Gasteiger partial charge in [0.2, 0.25) is 0 Å². The van der Waals surface area contributed by atoms with Crippen molar-refractivity contribution in [3.8, 4) is 0 Å². The minimum absolute atomic E-state index is 0.104. The minimum atomic E-state index is -0.543. The van der Waals surface area contributed by atoms with Crippen molar-refractivity contribution in [3.63, 3.8) is 0 Å². The van der Waals surface area contributed by atoms with Crippen molar-refractivity contribution >= 4 is 22.6 Å². The van der Waals surface area contributed by atoms with Crippen molar-refractivity contribution in [2.75, 3.05) is 12.0 Å². The van der Waals surface area contributed by atoms with E-state index in [0.717, 1.165) is 22.0 Å². The number of carbonyl (C=O) groups is 1. The Labute approximate surface area is 130 Å². The number of benzene rings is 2. The van der Waals surface area contributed by atoms with E-state index in [1.165, 1.54) is 0 Å². The van der Waals surface area contributed by atoms with Gasteiger partial charge in [-0.05, 0) is 44.2 Å². The molecule has 0 aromatic heterocycles. The van der Waals surface area contributed by atoms with Gasteiger partial charge in [0.1, 0.15) is 5.60 Å². The van der Waals surface area contributed by atoms with Gasteiger partial charge >= 0.3 is 6.09 Å². The van der Waals surface area contributed by atoms with Crippen molar-refractivity contribution < 1.29 is 14.6 Å². The third-order valence-electron chi connectivity index (χ3n) is 3.09. The second-order valence-corrected chi connectivity index (χ2v) is 6.04. The fraction of sp³-hybridized carbons (Fsp3) is 0.353. The summed E-state index contributed by atoms with van der Waals surface area (Å²) in [7, 11) is 0. The maximum absolute atomic E-state index is 11.7. The average Bonchev–Trinajstić information content (AvgIpc) is 2.45. The number of hydrazine groups is 1. The van der Waals surface area contributed by atoms with Gasteiger partial charge in [-0.15, -0.1) is 0 Å². The van der Waals surface area contributed by atoms with E-state index in [1.54, 1.807) is 0 Å². The van der Waals surface area contributed by atoms with Gasteiger partial charge in [0.25, 0.3) is 0 Å². The number of nitrogens with one attached hydrogen (secondary N) is 2. The number of amides is 1. The second-order valence-electron chi connectivity index (χ2n) is 6.04. The highest BCUT2D eigenvalue weighted by Gasteiger charge is 2.16. The molecule has 0 unspecified atom stereocenters. The molecular formula is C17H22N2O3. The van der Waals surface area contributed by atoms with E-state index in [9.17, 15) is 4.79 Å². The average molecular weight is 302 g/mol. The van der Waals surface area contributed by atoms with E-state index in [2.05, 4.69) is 10.9 Å². The van der Waals surface area contributed by atoms with Gasteiger partial charge in [0.15, 0.2) is 0 Å². The van der Waals surface area contributed by atoms with Crippen molar-refractivity contribution in [1.82, 2.24) is 5.43 Å². The Morgan fingerprint density at radius 2 is 1.82 bits per heavy atom. The van der Waals surface area contributed by atoms with Crippen LogP contribution in [0.3, 0.4) is 0 Å². The molecule has 5 heteroatoms. The second kappa shape index (κ2) is 6.66. The Morgan fingerprint density at radius 1 is 1.14 bits per heavy atom.